The maximum atomic E-state index is 12.5. The third kappa shape index (κ3) is 8.79. The smallest absolute Gasteiger partial charge is 0.227 e. The number of anilines is 1. The van der Waals surface area contributed by atoms with Crippen molar-refractivity contribution < 1.29 is 14.3 Å². The van der Waals surface area contributed by atoms with Crippen LogP contribution in [0.15, 0.2) is 29.3 Å². The molecule has 1 heterocycles. The molecule has 0 radical (unpaired) electrons. The molecule has 0 atom stereocenters. The van der Waals surface area contributed by atoms with Crippen molar-refractivity contribution in [2.24, 2.45) is 16.8 Å². The van der Waals surface area contributed by atoms with Gasteiger partial charge in [0, 0.05) is 58.2 Å². The minimum atomic E-state index is 0.159. The molecule has 1 saturated heterocycles. The number of nitrogens with one attached hydrogen (secondary N) is 3. The largest absolute Gasteiger partial charge is 0.381 e. The fourth-order valence-electron chi connectivity index (χ4n) is 4.32. The summed E-state index contributed by atoms with van der Waals surface area (Å²) in [5, 5.41) is 9.78. The zero-order valence-corrected chi connectivity index (χ0v) is 19.5. The molecule has 2 aliphatic rings. The van der Waals surface area contributed by atoms with E-state index in [4.69, 9.17) is 9.47 Å². The van der Waals surface area contributed by atoms with E-state index in [0.717, 1.165) is 95.1 Å². The second kappa shape index (κ2) is 14.1. The lowest BCUT2D eigenvalue weighted by Crippen LogP contribution is -2.37. The Hall–Kier alpha value is -2.12. The van der Waals surface area contributed by atoms with Crippen LogP contribution in [0.5, 0.6) is 0 Å². The van der Waals surface area contributed by atoms with E-state index in [1.165, 1.54) is 6.42 Å². The fraction of sp³-hybridized carbons (Fsp3) is 0.680. The number of ether oxygens (including phenoxy) is 2. The lowest BCUT2D eigenvalue weighted by molar-refractivity contribution is -0.120. The Morgan fingerprint density at radius 1 is 1.12 bits per heavy atom. The van der Waals surface area contributed by atoms with Gasteiger partial charge in [0.05, 0.1) is 0 Å². The number of carbonyl (C=O) groups is 1. The number of hydrogen-bond donors (Lipinski definition) is 3. The minimum Gasteiger partial charge on any atom is -0.381 e. The van der Waals surface area contributed by atoms with Crippen LogP contribution in [-0.4, -0.2) is 51.9 Å². The molecule has 32 heavy (non-hydrogen) atoms. The topological polar surface area (TPSA) is 84.0 Å². The van der Waals surface area contributed by atoms with E-state index in [-0.39, 0.29) is 11.8 Å². The maximum absolute atomic E-state index is 12.5. The molecule has 3 N–H and O–H groups in total. The second-order valence-electron chi connectivity index (χ2n) is 8.86. The Morgan fingerprint density at radius 2 is 1.94 bits per heavy atom. The zero-order chi connectivity index (χ0) is 22.4. The van der Waals surface area contributed by atoms with E-state index >= 15 is 0 Å². The van der Waals surface area contributed by atoms with Gasteiger partial charge in [-0.3, -0.25) is 9.79 Å². The van der Waals surface area contributed by atoms with Gasteiger partial charge >= 0.3 is 0 Å². The number of carbonyl (C=O) groups excluding carboxylic acids is 1. The molecule has 7 heteroatoms. The van der Waals surface area contributed by atoms with Crippen molar-refractivity contribution >= 4 is 17.6 Å². The van der Waals surface area contributed by atoms with Crippen LogP contribution in [0.25, 0.3) is 0 Å². The van der Waals surface area contributed by atoms with Crippen molar-refractivity contribution in [3.05, 3.63) is 29.8 Å². The van der Waals surface area contributed by atoms with Crippen molar-refractivity contribution in [1.29, 1.82) is 0 Å². The van der Waals surface area contributed by atoms with E-state index in [0.29, 0.717) is 12.5 Å². The van der Waals surface area contributed by atoms with Crippen molar-refractivity contribution in [3.63, 3.8) is 0 Å². The molecule has 3 rings (SSSR count). The summed E-state index contributed by atoms with van der Waals surface area (Å²) in [4.78, 5) is 16.8. The standard InChI is InChI=1S/C25H40N4O3/c1-26-25(27-13-6-14-32-19-20-11-15-31-16-12-20)28-18-21-7-5-10-23(17-21)29-24(30)22-8-3-2-4-9-22/h5,7,10,17,20,22H,2-4,6,8-9,11-16,18-19H2,1H3,(H,29,30)(H2,26,27,28). The summed E-state index contributed by atoms with van der Waals surface area (Å²) in [5.74, 6) is 1.74. The van der Waals surface area contributed by atoms with E-state index in [1.807, 2.05) is 18.2 Å². The van der Waals surface area contributed by atoms with Gasteiger partial charge in [0.25, 0.3) is 0 Å². The van der Waals surface area contributed by atoms with Gasteiger partial charge in [-0.2, -0.15) is 0 Å². The molecule has 0 spiro atoms. The first-order chi connectivity index (χ1) is 15.7. The molecule has 0 unspecified atom stereocenters. The summed E-state index contributed by atoms with van der Waals surface area (Å²) in [6, 6.07) is 8.03. The Balaban J connectivity index is 1.31. The summed E-state index contributed by atoms with van der Waals surface area (Å²) < 4.78 is 11.2. The molecule has 1 aromatic rings. The summed E-state index contributed by atoms with van der Waals surface area (Å²) in [6.45, 7) is 4.78. The van der Waals surface area contributed by atoms with Gasteiger partial charge in [0.1, 0.15) is 0 Å². The van der Waals surface area contributed by atoms with Crippen LogP contribution >= 0.6 is 0 Å². The first-order valence-corrected chi connectivity index (χ1v) is 12.2. The molecule has 178 valence electrons. The predicted molar refractivity (Wildman–Crippen MR) is 129 cm³/mol. The average Bonchev–Trinajstić information content (AvgIpc) is 2.84. The van der Waals surface area contributed by atoms with Crippen LogP contribution in [0.3, 0.4) is 0 Å². The van der Waals surface area contributed by atoms with Crippen LogP contribution in [0, 0.1) is 11.8 Å². The van der Waals surface area contributed by atoms with Crippen LogP contribution in [0.2, 0.25) is 0 Å². The number of guanidine groups is 1. The molecule has 7 nitrogen and oxygen atoms in total. The van der Waals surface area contributed by atoms with Crippen molar-refractivity contribution in [1.82, 2.24) is 10.6 Å². The normalized spacial score (nSPS) is 18.3. The highest BCUT2D eigenvalue weighted by atomic mass is 16.5. The molecule has 1 aliphatic carbocycles. The fourth-order valence-corrected chi connectivity index (χ4v) is 4.32. The van der Waals surface area contributed by atoms with Gasteiger partial charge in [-0.25, -0.2) is 0 Å². The Morgan fingerprint density at radius 3 is 2.72 bits per heavy atom. The Kier molecular flexibility index (Phi) is 10.8. The highest BCUT2D eigenvalue weighted by Gasteiger charge is 2.21. The van der Waals surface area contributed by atoms with Crippen molar-refractivity contribution in [3.8, 4) is 0 Å². The van der Waals surface area contributed by atoms with Crippen molar-refractivity contribution in [2.75, 3.05) is 45.3 Å². The Labute approximate surface area is 192 Å². The zero-order valence-electron chi connectivity index (χ0n) is 19.5. The van der Waals surface area contributed by atoms with Crippen LogP contribution < -0.4 is 16.0 Å². The van der Waals surface area contributed by atoms with E-state index in [1.54, 1.807) is 7.05 Å². The van der Waals surface area contributed by atoms with Gasteiger partial charge in [-0.05, 0) is 55.7 Å². The van der Waals surface area contributed by atoms with Gasteiger partial charge in [-0.1, -0.05) is 31.4 Å². The molecular weight excluding hydrogens is 404 g/mol. The highest BCUT2D eigenvalue weighted by molar-refractivity contribution is 5.92. The Bertz CT molecular complexity index is 713. The summed E-state index contributed by atoms with van der Waals surface area (Å²) in [5.41, 5.74) is 1.97. The van der Waals surface area contributed by atoms with Gasteiger partial charge in [0.15, 0.2) is 5.96 Å². The molecule has 0 bridgehead atoms. The number of benzene rings is 1. The van der Waals surface area contributed by atoms with Crippen LogP contribution in [-0.2, 0) is 20.8 Å². The summed E-state index contributed by atoms with van der Waals surface area (Å²) >= 11 is 0. The molecule has 1 amide bonds. The molecule has 1 saturated carbocycles. The third-order valence-corrected chi connectivity index (χ3v) is 6.31. The molecule has 1 aliphatic heterocycles. The third-order valence-electron chi connectivity index (χ3n) is 6.31. The average molecular weight is 445 g/mol. The number of aliphatic imine (C=N–C) groups is 1. The minimum absolute atomic E-state index is 0.159. The first-order valence-electron chi connectivity index (χ1n) is 12.2. The lowest BCUT2D eigenvalue weighted by atomic mass is 9.88. The quantitative estimate of drug-likeness (QED) is 0.291. The number of amides is 1. The molecule has 0 aromatic heterocycles. The maximum Gasteiger partial charge on any atom is 0.227 e. The predicted octanol–water partition coefficient (Wildman–Crippen LogP) is 3.70. The molecule has 2 fully saturated rings. The van der Waals surface area contributed by atoms with Gasteiger partial charge < -0.3 is 25.4 Å². The van der Waals surface area contributed by atoms with E-state index in [2.05, 4.69) is 27.0 Å². The lowest BCUT2D eigenvalue weighted by Gasteiger charge is -2.21. The molecule has 1 aromatic carbocycles. The van der Waals surface area contributed by atoms with Crippen LogP contribution in [0.1, 0.15) is 56.9 Å². The number of hydrogen-bond acceptors (Lipinski definition) is 4. The highest BCUT2D eigenvalue weighted by Crippen LogP contribution is 2.25. The van der Waals surface area contributed by atoms with E-state index < -0.39 is 0 Å². The van der Waals surface area contributed by atoms with Crippen molar-refractivity contribution in [2.45, 2.75) is 57.9 Å². The van der Waals surface area contributed by atoms with Gasteiger partial charge in [-0.15, -0.1) is 0 Å². The first kappa shape index (κ1) is 24.5. The van der Waals surface area contributed by atoms with E-state index in [9.17, 15) is 4.79 Å². The number of nitrogens with zero attached hydrogens (tertiary/aromatic N) is 1. The monoisotopic (exact) mass is 444 g/mol. The second-order valence-corrected chi connectivity index (χ2v) is 8.86. The van der Waals surface area contributed by atoms with Gasteiger partial charge in [0.2, 0.25) is 5.91 Å². The molecular formula is C25H40N4O3. The van der Waals surface area contributed by atoms with Crippen LogP contribution in [0.4, 0.5) is 5.69 Å². The number of rotatable bonds is 10. The SMILES string of the molecule is CN=C(NCCCOCC1CCOCC1)NCc1cccc(NC(=O)C2CCCCC2)c1. The summed E-state index contributed by atoms with van der Waals surface area (Å²) in [6.07, 6.45) is 8.76. The summed E-state index contributed by atoms with van der Waals surface area (Å²) in [7, 11) is 1.78.